The monoisotopic (exact) mass is 286 g/mol. The molecule has 1 fully saturated rings. The number of fused-ring (bicyclic) bond motifs is 1. The molecule has 3 heteroatoms. The summed E-state index contributed by atoms with van der Waals surface area (Å²) in [5.41, 5.74) is 1.25. The van der Waals surface area contributed by atoms with Crippen molar-refractivity contribution in [1.29, 1.82) is 0 Å². The molecule has 3 rings (SSSR count). The first-order chi connectivity index (χ1) is 7.25. The Labute approximate surface area is 102 Å². The van der Waals surface area contributed by atoms with Gasteiger partial charge in [-0.2, -0.15) is 0 Å². The van der Waals surface area contributed by atoms with Crippen LogP contribution in [0.15, 0.2) is 21.5 Å². The molecule has 0 N–H and O–H groups in total. The average molecular weight is 287 g/mol. The summed E-state index contributed by atoms with van der Waals surface area (Å²) in [4.78, 5) is 1.28. The van der Waals surface area contributed by atoms with Gasteiger partial charge in [-0.05, 0) is 70.5 Å². The normalized spacial score (nSPS) is 25.1. The van der Waals surface area contributed by atoms with Gasteiger partial charge in [-0.3, -0.25) is 0 Å². The van der Waals surface area contributed by atoms with Crippen molar-refractivity contribution in [1.82, 2.24) is 0 Å². The van der Waals surface area contributed by atoms with E-state index in [2.05, 4.69) is 15.9 Å². The Kier molecular flexibility index (Phi) is 2.56. The lowest BCUT2D eigenvalue weighted by Crippen LogP contribution is -2.10. The molecule has 1 aromatic rings. The van der Waals surface area contributed by atoms with Crippen LogP contribution in [0.2, 0.25) is 0 Å². The molecule has 0 amide bonds. The zero-order valence-corrected chi connectivity index (χ0v) is 10.7. The van der Waals surface area contributed by atoms with Crippen molar-refractivity contribution in [3.63, 3.8) is 0 Å². The van der Waals surface area contributed by atoms with Gasteiger partial charge in [-0.15, -0.1) is 11.8 Å². The van der Waals surface area contributed by atoms with Gasteiger partial charge in [-0.25, -0.2) is 4.39 Å². The van der Waals surface area contributed by atoms with E-state index in [9.17, 15) is 4.39 Å². The fourth-order valence-electron chi connectivity index (χ4n) is 2.44. The van der Waals surface area contributed by atoms with Crippen LogP contribution in [-0.4, -0.2) is 5.75 Å². The quantitative estimate of drug-likeness (QED) is 0.728. The second-order valence-corrected chi connectivity index (χ2v) is 6.35. The summed E-state index contributed by atoms with van der Waals surface area (Å²) in [5.74, 6) is 2.53. The van der Waals surface area contributed by atoms with Crippen molar-refractivity contribution >= 4 is 27.7 Å². The van der Waals surface area contributed by atoms with E-state index in [-0.39, 0.29) is 5.82 Å². The van der Waals surface area contributed by atoms with E-state index in [0.717, 1.165) is 10.4 Å². The van der Waals surface area contributed by atoms with Crippen LogP contribution in [-0.2, 0) is 0 Å². The van der Waals surface area contributed by atoms with Crippen molar-refractivity contribution in [2.24, 2.45) is 5.92 Å². The largest absolute Gasteiger partial charge is 0.207 e. The molecular weight excluding hydrogens is 275 g/mol. The van der Waals surface area contributed by atoms with E-state index in [0.29, 0.717) is 5.92 Å². The van der Waals surface area contributed by atoms with Crippen LogP contribution < -0.4 is 0 Å². The minimum Gasteiger partial charge on any atom is -0.207 e. The molecule has 80 valence electrons. The lowest BCUT2D eigenvalue weighted by atomic mass is 9.91. The summed E-state index contributed by atoms with van der Waals surface area (Å²) < 4.78 is 14.3. The van der Waals surface area contributed by atoms with E-state index < -0.39 is 0 Å². The molecule has 1 aromatic carbocycles. The number of hydrogen-bond acceptors (Lipinski definition) is 1. The molecule has 1 aliphatic carbocycles. The topological polar surface area (TPSA) is 0 Å². The van der Waals surface area contributed by atoms with Gasteiger partial charge in [0.25, 0.3) is 0 Å². The summed E-state index contributed by atoms with van der Waals surface area (Å²) in [6, 6.07) is 3.33. The molecule has 0 aromatic heterocycles. The predicted molar refractivity (Wildman–Crippen MR) is 64.9 cm³/mol. The average Bonchev–Trinajstić information content (AvgIpc) is 3.00. The van der Waals surface area contributed by atoms with Crippen LogP contribution in [0.1, 0.15) is 30.7 Å². The third-order valence-corrected chi connectivity index (χ3v) is 5.37. The number of rotatable bonds is 1. The van der Waals surface area contributed by atoms with Gasteiger partial charge >= 0.3 is 0 Å². The van der Waals surface area contributed by atoms with Crippen LogP contribution in [0.5, 0.6) is 0 Å². The lowest BCUT2D eigenvalue weighted by Gasteiger charge is -2.25. The van der Waals surface area contributed by atoms with E-state index in [1.807, 2.05) is 11.8 Å². The number of benzene rings is 1. The number of hydrogen-bond donors (Lipinski definition) is 0. The molecule has 1 atom stereocenters. The minimum absolute atomic E-state index is 0.103. The van der Waals surface area contributed by atoms with Crippen LogP contribution in [0.25, 0.3) is 0 Å². The molecule has 1 unspecified atom stereocenters. The van der Waals surface area contributed by atoms with E-state index >= 15 is 0 Å². The van der Waals surface area contributed by atoms with E-state index in [1.165, 1.54) is 35.5 Å². The fourth-order valence-corrected chi connectivity index (χ4v) is 4.38. The molecule has 15 heavy (non-hydrogen) atoms. The van der Waals surface area contributed by atoms with Crippen molar-refractivity contribution in [3.8, 4) is 0 Å². The Balaban J connectivity index is 2.08. The maximum Gasteiger partial charge on any atom is 0.124 e. The Morgan fingerprint density at radius 2 is 2.07 bits per heavy atom. The fraction of sp³-hybridized carbons (Fsp3) is 0.500. The van der Waals surface area contributed by atoms with Crippen molar-refractivity contribution in [3.05, 3.63) is 28.0 Å². The molecule has 1 aliphatic heterocycles. The number of halogens is 2. The zero-order chi connectivity index (χ0) is 10.4. The Hall–Kier alpha value is -0.0200. The molecule has 2 aliphatic rings. The summed E-state index contributed by atoms with van der Waals surface area (Å²) in [6.45, 7) is 0. The third-order valence-electron chi connectivity index (χ3n) is 3.30. The van der Waals surface area contributed by atoms with E-state index in [4.69, 9.17) is 0 Å². The molecule has 0 saturated heterocycles. The lowest BCUT2D eigenvalue weighted by molar-refractivity contribution is 0.559. The standard InChI is InChI=1S/C12H12BrFS/c13-11-6-8(14)5-10-9(7-1-2-7)3-4-15-12(10)11/h5-7,9H,1-4H2. The van der Waals surface area contributed by atoms with Crippen molar-refractivity contribution < 1.29 is 4.39 Å². The molecule has 0 bridgehead atoms. The van der Waals surface area contributed by atoms with Gasteiger partial charge in [0, 0.05) is 9.37 Å². The Morgan fingerprint density at radius 1 is 1.27 bits per heavy atom. The molecule has 1 heterocycles. The highest BCUT2D eigenvalue weighted by Gasteiger charge is 2.35. The van der Waals surface area contributed by atoms with Gasteiger partial charge in [0.15, 0.2) is 0 Å². The van der Waals surface area contributed by atoms with Gasteiger partial charge in [-0.1, -0.05) is 0 Å². The maximum absolute atomic E-state index is 13.4. The van der Waals surface area contributed by atoms with Gasteiger partial charge in [0.05, 0.1) is 0 Å². The van der Waals surface area contributed by atoms with Crippen LogP contribution in [0.3, 0.4) is 0 Å². The second-order valence-electron chi connectivity index (χ2n) is 4.39. The highest BCUT2D eigenvalue weighted by molar-refractivity contribution is 9.10. The smallest absolute Gasteiger partial charge is 0.124 e. The zero-order valence-electron chi connectivity index (χ0n) is 8.30. The van der Waals surface area contributed by atoms with Crippen LogP contribution in [0, 0.1) is 11.7 Å². The maximum atomic E-state index is 13.4. The van der Waals surface area contributed by atoms with Gasteiger partial charge in [0.1, 0.15) is 5.82 Å². The van der Waals surface area contributed by atoms with Crippen molar-refractivity contribution in [2.45, 2.75) is 30.1 Å². The first kappa shape index (κ1) is 10.2. The van der Waals surface area contributed by atoms with Crippen molar-refractivity contribution in [2.75, 3.05) is 5.75 Å². The molecule has 1 saturated carbocycles. The third kappa shape index (κ3) is 1.84. The summed E-state index contributed by atoms with van der Waals surface area (Å²) >= 11 is 5.33. The van der Waals surface area contributed by atoms with Crippen LogP contribution >= 0.6 is 27.7 Å². The summed E-state index contributed by atoms with van der Waals surface area (Å²) in [5, 5.41) is 0. The Bertz CT molecular complexity index is 401. The van der Waals surface area contributed by atoms with Gasteiger partial charge < -0.3 is 0 Å². The first-order valence-corrected chi connectivity index (χ1v) is 7.15. The first-order valence-electron chi connectivity index (χ1n) is 5.37. The Morgan fingerprint density at radius 3 is 2.80 bits per heavy atom. The molecule has 0 radical (unpaired) electrons. The number of thioether (sulfide) groups is 1. The van der Waals surface area contributed by atoms with Gasteiger partial charge in [0.2, 0.25) is 0 Å². The highest BCUT2D eigenvalue weighted by atomic mass is 79.9. The molecule has 0 spiro atoms. The SMILES string of the molecule is Fc1cc(Br)c2c(c1)C(C1CC1)CCS2. The molecule has 0 nitrogen and oxygen atoms in total. The summed E-state index contributed by atoms with van der Waals surface area (Å²) in [6.07, 6.45) is 3.89. The molecular formula is C12H12BrFS. The van der Waals surface area contributed by atoms with E-state index in [1.54, 1.807) is 12.1 Å². The predicted octanol–water partition coefficient (Wildman–Crippen LogP) is 4.58. The second kappa shape index (κ2) is 3.77. The summed E-state index contributed by atoms with van der Waals surface area (Å²) in [7, 11) is 0. The highest BCUT2D eigenvalue weighted by Crippen LogP contribution is 2.51. The minimum atomic E-state index is -0.103. The van der Waals surface area contributed by atoms with Crippen LogP contribution in [0.4, 0.5) is 4.39 Å².